The molecule has 0 N–H and O–H groups in total. The molecule has 1 aromatic rings. The van der Waals surface area contributed by atoms with Crippen LogP contribution in [-0.2, 0) is 42.6 Å². The Morgan fingerprint density at radius 1 is 0.585 bits per heavy atom. The van der Waals surface area contributed by atoms with Gasteiger partial charge in [-0.05, 0) is 31.4 Å². The molecule has 1 unspecified atom stereocenters. The van der Waals surface area contributed by atoms with Crippen molar-refractivity contribution in [1.29, 1.82) is 0 Å². The Morgan fingerprint density at radius 3 is 1.41 bits per heavy atom. The van der Waals surface area contributed by atoms with Crippen LogP contribution in [0.1, 0.15) is 40.0 Å². The van der Waals surface area contributed by atoms with Gasteiger partial charge in [0.2, 0.25) is 0 Å². The van der Waals surface area contributed by atoms with Gasteiger partial charge in [0.25, 0.3) is 11.8 Å². The van der Waals surface area contributed by atoms with E-state index in [0.717, 1.165) is 25.9 Å². The fourth-order valence-corrected chi connectivity index (χ4v) is 4.10. The van der Waals surface area contributed by atoms with Crippen molar-refractivity contribution in [3.63, 3.8) is 0 Å². The molecule has 1 saturated heterocycles. The molecule has 0 radical (unpaired) electrons. The molecule has 2 heterocycles. The Labute approximate surface area is 242 Å². The van der Waals surface area contributed by atoms with E-state index in [4.69, 9.17) is 42.6 Å². The highest BCUT2D eigenvalue weighted by atomic mass is 16.7. The van der Waals surface area contributed by atoms with Gasteiger partial charge < -0.3 is 42.6 Å². The minimum atomic E-state index is -0.274. The molecule has 1 fully saturated rings. The first-order chi connectivity index (χ1) is 20.3. The molecule has 0 aliphatic carbocycles. The van der Waals surface area contributed by atoms with Crippen LogP contribution in [0.25, 0.3) is 0 Å². The first-order valence-electron chi connectivity index (χ1n) is 14.5. The number of rotatable bonds is 25. The van der Waals surface area contributed by atoms with Gasteiger partial charge in [0.05, 0.1) is 117 Å². The Kier molecular flexibility index (Phi) is 17.7. The summed E-state index contributed by atoms with van der Waals surface area (Å²) in [4.78, 5) is 25.8. The van der Waals surface area contributed by atoms with E-state index in [0.29, 0.717) is 104 Å². The fourth-order valence-electron chi connectivity index (χ4n) is 4.10. The van der Waals surface area contributed by atoms with E-state index >= 15 is 0 Å². The second-order valence-electron chi connectivity index (χ2n) is 9.26. The summed E-state index contributed by atoms with van der Waals surface area (Å²) in [6.07, 6.45) is 3.17. The number of hydrogen-bond donors (Lipinski definition) is 0. The monoisotopic (exact) mass is 583 g/mol. The standard InChI is InChI=1S/C29H45NO11/c31-28-25-5-1-2-6-26(25)29(32)30(28)8-10-33-11-12-34-13-14-35-15-16-36-17-18-37-19-20-38-21-22-39-23-24-41-27-7-3-4-9-40-27/h1-2,5-6,27H,3-4,7-24H2. The number of hydrogen-bond acceptors (Lipinski definition) is 11. The van der Waals surface area contributed by atoms with E-state index < -0.39 is 0 Å². The Morgan fingerprint density at radius 2 is 1.00 bits per heavy atom. The number of imide groups is 1. The number of benzene rings is 1. The topological polar surface area (TPSA) is 120 Å². The van der Waals surface area contributed by atoms with Crippen molar-refractivity contribution >= 4 is 11.8 Å². The van der Waals surface area contributed by atoms with Crippen molar-refractivity contribution in [2.45, 2.75) is 25.6 Å². The van der Waals surface area contributed by atoms with Gasteiger partial charge in [0, 0.05) is 6.61 Å². The Bertz CT molecular complexity index is 815. The van der Waals surface area contributed by atoms with Crippen LogP contribution in [0.3, 0.4) is 0 Å². The lowest BCUT2D eigenvalue weighted by Gasteiger charge is -2.22. The molecule has 1 atom stereocenters. The molecule has 0 spiro atoms. The average molecular weight is 584 g/mol. The van der Waals surface area contributed by atoms with Crippen molar-refractivity contribution in [3.05, 3.63) is 35.4 Å². The summed E-state index contributed by atoms with van der Waals surface area (Å²) in [5, 5.41) is 0. The van der Waals surface area contributed by atoms with Gasteiger partial charge >= 0.3 is 0 Å². The molecule has 1 aromatic carbocycles. The minimum absolute atomic E-state index is 0.0724. The molecule has 12 nitrogen and oxygen atoms in total. The lowest BCUT2D eigenvalue weighted by Crippen LogP contribution is -2.33. The minimum Gasteiger partial charge on any atom is -0.377 e. The summed E-state index contributed by atoms with van der Waals surface area (Å²) in [7, 11) is 0. The van der Waals surface area contributed by atoms with Crippen LogP contribution in [-0.4, -0.2) is 135 Å². The number of nitrogens with zero attached hydrogens (tertiary/aromatic N) is 1. The third kappa shape index (κ3) is 13.7. The summed E-state index contributed by atoms with van der Waals surface area (Å²) in [5.41, 5.74) is 0.891. The molecule has 232 valence electrons. The predicted octanol–water partition coefficient (Wildman–Crippen LogP) is 1.94. The third-order valence-corrected chi connectivity index (χ3v) is 6.24. The maximum absolute atomic E-state index is 12.3. The lowest BCUT2D eigenvalue weighted by molar-refractivity contribution is -0.169. The molecule has 0 saturated carbocycles. The second kappa shape index (κ2) is 21.7. The summed E-state index contributed by atoms with van der Waals surface area (Å²) in [5.74, 6) is -0.547. The zero-order valence-electron chi connectivity index (χ0n) is 24.0. The maximum atomic E-state index is 12.3. The number of amides is 2. The first kappa shape index (κ1) is 33.5. The largest absolute Gasteiger partial charge is 0.377 e. The highest BCUT2D eigenvalue weighted by molar-refractivity contribution is 6.21. The average Bonchev–Trinajstić information content (AvgIpc) is 3.24. The zero-order valence-corrected chi connectivity index (χ0v) is 24.0. The number of carbonyl (C=O) groups excluding carboxylic acids is 2. The van der Waals surface area contributed by atoms with Gasteiger partial charge in [0.1, 0.15) is 0 Å². The van der Waals surface area contributed by atoms with Gasteiger partial charge in [-0.1, -0.05) is 12.1 Å². The molecular weight excluding hydrogens is 538 g/mol. The summed E-state index contributed by atoms with van der Waals surface area (Å²) < 4.78 is 49.4. The van der Waals surface area contributed by atoms with E-state index in [2.05, 4.69) is 0 Å². The van der Waals surface area contributed by atoms with Gasteiger partial charge in [0.15, 0.2) is 6.29 Å². The third-order valence-electron chi connectivity index (χ3n) is 6.24. The molecular formula is C29H45NO11. The van der Waals surface area contributed by atoms with Gasteiger partial charge in [-0.25, -0.2) is 0 Å². The molecule has 12 heteroatoms. The van der Waals surface area contributed by atoms with Crippen molar-refractivity contribution in [1.82, 2.24) is 4.90 Å². The van der Waals surface area contributed by atoms with Crippen LogP contribution in [0, 0.1) is 0 Å². The molecule has 0 aromatic heterocycles. The Balaban J connectivity index is 0.964. The molecule has 3 rings (SSSR count). The van der Waals surface area contributed by atoms with Crippen molar-refractivity contribution in [2.75, 3.05) is 112 Å². The van der Waals surface area contributed by atoms with Gasteiger partial charge in [-0.2, -0.15) is 0 Å². The van der Waals surface area contributed by atoms with Gasteiger partial charge in [-0.3, -0.25) is 14.5 Å². The molecule has 2 aliphatic heterocycles. The maximum Gasteiger partial charge on any atom is 0.261 e. The molecule has 2 aliphatic rings. The Hall–Kier alpha value is -2.00. The number of fused-ring (bicyclic) bond motifs is 1. The fraction of sp³-hybridized carbons (Fsp3) is 0.724. The quantitative estimate of drug-likeness (QED) is 0.124. The van der Waals surface area contributed by atoms with Crippen LogP contribution in [0.4, 0.5) is 0 Å². The summed E-state index contributed by atoms with van der Waals surface area (Å²) in [6, 6.07) is 6.83. The highest BCUT2D eigenvalue weighted by Crippen LogP contribution is 2.21. The van der Waals surface area contributed by atoms with Crippen LogP contribution in [0.15, 0.2) is 24.3 Å². The predicted molar refractivity (Wildman–Crippen MR) is 147 cm³/mol. The molecule has 0 bridgehead atoms. The summed E-state index contributed by atoms with van der Waals surface area (Å²) in [6.45, 7) is 8.02. The van der Waals surface area contributed by atoms with E-state index in [1.54, 1.807) is 24.3 Å². The molecule has 41 heavy (non-hydrogen) atoms. The summed E-state index contributed by atoms with van der Waals surface area (Å²) >= 11 is 0. The van der Waals surface area contributed by atoms with Crippen LogP contribution < -0.4 is 0 Å². The van der Waals surface area contributed by atoms with Gasteiger partial charge in [-0.15, -0.1) is 0 Å². The number of ether oxygens (including phenoxy) is 9. The van der Waals surface area contributed by atoms with Crippen molar-refractivity contribution in [2.24, 2.45) is 0 Å². The van der Waals surface area contributed by atoms with Crippen molar-refractivity contribution in [3.8, 4) is 0 Å². The van der Waals surface area contributed by atoms with Crippen LogP contribution >= 0.6 is 0 Å². The SMILES string of the molecule is O=C1c2ccccc2C(=O)N1CCOCCOCCOCCOCCOCCOCCOCCOC1CCCCO1. The van der Waals surface area contributed by atoms with E-state index in [1.165, 1.54) is 4.90 Å². The normalized spacial score (nSPS) is 17.0. The van der Waals surface area contributed by atoms with E-state index in [9.17, 15) is 9.59 Å². The van der Waals surface area contributed by atoms with Crippen molar-refractivity contribution < 1.29 is 52.2 Å². The second-order valence-corrected chi connectivity index (χ2v) is 9.26. The van der Waals surface area contributed by atoms with Crippen LogP contribution in [0.5, 0.6) is 0 Å². The highest BCUT2D eigenvalue weighted by Gasteiger charge is 2.34. The van der Waals surface area contributed by atoms with Crippen LogP contribution in [0.2, 0.25) is 0 Å². The zero-order chi connectivity index (χ0) is 28.8. The van der Waals surface area contributed by atoms with E-state index in [-0.39, 0.29) is 31.3 Å². The number of carbonyl (C=O) groups is 2. The first-order valence-corrected chi connectivity index (χ1v) is 14.5. The van der Waals surface area contributed by atoms with E-state index in [1.807, 2.05) is 0 Å². The smallest absolute Gasteiger partial charge is 0.261 e. The lowest BCUT2D eigenvalue weighted by atomic mass is 10.1. The molecule has 2 amide bonds.